The number of carbonyl (C=O) groups is 4. The van der Waals surface area contributed by atoms with E-state index in [4.69, 9.17) is 9.84 Å². The second kappa shape index (κ2) is 7.87. The number of rotatable bonds is 7. The molecule has 0 radical (unpaired) electrons. The molecule has 2 heterocycles. The standard InChI is InChI=1S/C19H22N2O6/c1-11(4-7-16(22)23)20-17(24)12-5-6-14-15(9-12)19(26)21(18(14)25)10-13-3-2-8-27-13/h5-6,9,11,13H,2-4,7-8,10H2,1H3,(H,20,24)(H,22,23). The van der Waals surface area contributed by atoms with Crippen LogP contribution in [0.3, 0.4) is 0 Å². The van der Waals surface area contributed by atoms with Crippen LogP contribution in [0.1, 0.15) is 63.7 Å². The fourth-order valence-electron chi connectivity index (χ4n) is 3.31. The Balaban J connectivity index is 1.69. The van der Waals surface area contributed by atoms with Crippen molar-refractivity contribution in [3.63, 3.8) is 0 Å². The van der Waals surface area contributed by atoms with Crippen molar-refractivity contribution in [1.82, 2.24) is 10.2 Å². The predicted molar refractivity (Wildman–Crippen MR) is 94.6 cm³/mol. The van der Waals surface area contributed by atoms with Crippen molar-refractivity contribution in [2.75, 3.05) is 13.2 Å². The summed E-state index contributed by atoms with van der Waals surface area (Å²) in [5.41, 5.74) is 0.758. The van der Waals surface area contributed by atoms with Crippen molar-refractivity contribution >= 4 is 23.7 Å². The quantitative estimate of drug-likeness (QED) is 0.699. The van der Waals surface area contributed by atoms with Crippen molar-refractivity contribution in [3.05, 3.63) is 34.9 Å². The van der Waals surface area contributed by atoms with Crippen molar-refractivity contribution in [2.45, 2.75) is 44.8 Å². The molecule has 1 aromatic carbocycles. The molecule has 1 fully saturated rings. The van der Waals surface area contributed by atoms with Gasteiger partial charge in [0.25, 0.3) is 17.7 Å². The molecule has 1 saturated heterocycles. The van der Waals surface area contributed by atoms with E-state index in [0.717, 1.165) is 12.8 Å². The van der Waals surface area contributed by atoms with E-state index in [1.54, 1.807) is 6.92 Å². The average molecular weight is 374 g/mol. The number of carbonyl (C=O) groups excluding carboxylic acids is 3. The molecule has 27 heavy (non-hydrogen) atoms. The van der Waals surface area contributed by atoms with Gasteiger partial charge in [0.1, 0.15) is 0 Å². The number of aliphatic carboxylic acids is 1. The lowest BCUT2D eigenvalue weighted by Crippen LogP contribution is -2.36. The Bertz CT molecular complexity index is 784. The van der Waals surface area contributed by atoms with Gasteiger partial charge in [0.15, 0.2) is 0 Å². The smallest absolute Gasteiger partial charge is 0.303 e. The zero-order chi connectivity index (χ0) is 19.6. The molecule has 3 amide bonds. The van der Waals surface area contributed by atoms with E-state index in [2.05, 4.69) is 5.32 Å². The minimum Gasteiger partial charge on any atom is -0.481 e. The van der Waals surface area contributed by atoms with Gasteiger partial charge in [-0.3, -0.25) is 24.1 Å². The van der Waals surface area contributed by atoms with Gasteiger partial charge >= 0.3 is 5.97 Å². The van der Waals surface area contributed by atoms with Gasteiger partial charge in [-0.25, -0.2) is 0 Å². The van der Waals surface area contributed by atoms with E-state index >= 15 is 0 Å². The molecule has 0 bridgehead atoms. The summed E-state index contributed by atoms with van der Waals surface area (Å²) < 4.78 is 5.50. The van der Waals surface area contributed by atoms with Gasteiger partial charge in [-0.2, -0.15) is 0 Å². The number of carboxylic acids is 1. The molecule has 2 aliphatic rings. The molecule has 8 heteroatoms. The second-order valence-corrected chi connectivity index (χ2v) is 6.92. The Kier molecular flexibility index (Phi) is 5.55. The summed E-state index contributed by atoms with van der Waals surface area (Å²) in [5.74, 6) is -2.12. The lowest BCUT2D eigenvalue weighted by molar-refractivity contribution is -0.137. The number of fused-ring (bicyclic) bond motifs is 1. The fourth-order valence-corrected chi connectivity index (χ4v) is 3.31. The molecule has 0 aromatic heterocycles. The molecule has 3 rings (SSSR count). The maximum atomic E-state index is 12.6. The minimum absolute atomic E-state index is 0.0448. The lowest BCUT2D eigenvalue weighted by atomic mass is 10.0. The van der Waals surface area contributed by atoms with E-state index in [1.807, 2.05) is 0 Å². The fraction of sp³-hybridized carbons (Fsp3) is 0.474. The largest absolute Gasteiger partial charge is 0.481 e. The van der Waals surface area contributed by atoms with E-state index in [-0.39, 0.29) is 47.7 Å². The Labute approximate surface area is 156 Å². The van der Waals surface area contributed by atoms with Crippen LogP contribution < -0.4 is 5.32 Å². The first-order valence-electron chi connectivity index (χ1n) is 9.01. The van der Waals surface area contributed by atoms with E-state index in [0.29, 0.717) is 13.0 Å². The topological polar surface area (TPSA) is 113 Å². The van der Waals surface area contributed by atoms with Crippen molar-refractivity contribution < 1.29 is 29.0 Å². The summed E-state index contributed by atoms with van der Waals surface area (Å²) in [7, 11) is 0. The van der Waals surface area contributed by atoms with Crippen LogP contribution in [0.25, 0.3) is 0 Å². The van der Waals surface area contributed by atoms with Gasteiger partial charge in [-0.1, -0.05) is 0 Å². The molecule has 0 saturated carbocycles. The SMILES string of the molecule is CC(CCC(=O)O)NC(=O)c1ccc2c(c1)C(=O)N(CC1CCCO1)C2=O. The number of hydrogen-bond acceptors (Lipinski definition) is 5. The summed E-state index contributed by atoms with van der Waals surface area (Å²) >= 11 is 0. The number of benzene rings is 1. The maximum Gasteiger partial charge on any atom is 0.303 e. The number of hydrogen-bond donors (Lipinski definition) is 2. The Morgan fingerprint density at radius 3 is 2.70 bits per heavy atom. The molecule has 2 aliphatic heterocycles. The summed E-state index contributed by atoms with van der Waals surface area (Å²) in [5, 5.41) is 11.4. The van der Waals surface area contributed by atoms with Crippen LogP contribution in [0.2, 0.25) is 0 Å². The van der Waals surface area contributed by atoms with E-state index < -0.39 is 17.8 Å². The lowest BCUT2D eigenvalue weighted by Gasteiger charge is -2.17. The highest BCUT2D eigenvalue weighted by atomic mass is 16.5. The van der Waals surface area contributed by atoms with Gasteiger partial charge in [0, 0.05) is 24.6 Å². The van der Waals surface area contributed by atoms with Crippen molar-refractivity contribution in [1.29, 1.82) is 0 Å². The van der Waals surface area contributed by atoms with Crippen molar-refractivity contribution in [3.8, 4) is 0 Å². The molecule has 0 aliphatic carbocycles. The molecule has 1 aromatic rings. The van der Waals surface area contributed by atoms with Crippen LogP contribution in [0, 0.1) is 0 Å². The van der Waals surface area contributed by atoms with Gasteiger partial charge in [-0.05, 0) is 44.4 Å². The van der Waals surface area contributed by atoms with Gasteiger partial charge in [0.05, 0.1) is 23.8 Å². The third-order valence-corrected chi connectivity index (χ3v) is 4.81. The monoisotopic (exact) mass is 374 g/mol. The zero-order valence-electron chi connectivity index (χ0n) is 15.1. The maximum absolute atomic E-state index is 12.6. The van der Waals surface area contributed by atoms with E-state index in [1.165, 1.54) is 23.1 Å². The molecular weight excluding hydrogens is 352 g/mol. The number of imide groups is 1. The third kappa shape index (κ3) is 4.16. The van der Waals surface area contributed by atoms with Crippen LogP contribution in [-0.4, -0.2) is 59.0 Å². The summed E-state index contributed by atoms with van der Waals surface area (Å²) in [6, 6.07) is 4.08. The average Bonchev–Trinajstić information content (AvgIpc) is 3.23. The number of nitrogens with one attached hydrogen (secondary N) is 1. The first-order chi connectivity index (χ1) is 12.9. The second-order valence-electron chi connectivity index (χ2n) is 6.92. The molecular formula is C19H22N2O6. The molecule has 8 nitrogen and oxygen atoms in total. The van der Waals surface area contributed by atoms with Crippen LogP contribution >= 0.6 is 0 Å². The molecule has 0 spiro atoms. The molecule has 144 valence electrons. The number of nitrogens with zero attached hydrogens (tertiary/aromatic N) is 1. The molecule has 2 unspecified atom stereocenters. The first-order valence-corrected chi connectivity index (χ1v) is 9.01. The minimum atomic E-state index is -0.927. The van der Waals surface area contributed by atoms with Gasteiger partial charge in [-0.15, -0.1) is 0 Å². The molecule has 2 atom stereocenters. The number of carboxylic acid groups (broad SMARTS) is 1. The highest BCUT2D eigenvalue weighted by Crippen LogP contribution is 2.26. The Morgan fingerprint density at radius 2 is 2.04 bits per heavy atom. The number of amides is 3. The van der Waals surface area contributed by atoms with Gasteiger partial charge < -0.3 is 15.2 Å². The zero-order valence-corrected chi connectivity index (χ0v) is 15.1. The van der Waals surface area contributed by atoms with Crippen molar-refractivity contribution in [2.24, 2.45) is 0 Å². The van der Waals surface area contributed by atoms with Crippen LogP contribution in [0.5, 0.6) is 0 Å². The highest BCUT2D eigenvalue weighted by molar-refractivity contribution is 6.22. The predicted octanol–water partition coefficient (Wildman–Crippen LogP) is 1.44. The summed E-state index contributed by atoms with van der Waals surface area (Å²) in [6.45, 7) is 2.57. The van der Waals surface area contributed by atoms with Gasteiger partial charge in [0.2, 0.25) is 0 Å². The normalized spacial score (nSPS) is 19.9. The third-order valence-electron chi connectivity index (χ3n) is 4.81. The first kappa shape index (κ1) is 19.0. The van der Waals surface area contributed by atoms with Crippen LogP contribution in [0.4, 0.5) is 0 Å². The highest BCUT2D eigenvalue weighted by Gasteiger charge is 2.38. The number of ether oxygens (including phenoxy) is 1. The Hall–Kier alpha value is -2.74. The summed E-state index contributed by atoms with van der Waals surface area (Å²) in [4.78, 5) is 49.3. The summed E-state index contributed by atoms with van der Waals surface area (Å²) in [6.07, 6.45) is 1.85. The molecule has 2 N–H and O–H groups in total. The van der Waals surface area contributed by atoms with Crippen LogP contribution in [-0.2, 0) is 9.53 Å². The van der Waals surface area contributed by atoms with E-state index in [9.17, 15) is 19.2 Å². The Morgan fingerprint density at radius 1 is 1.30 bits per heavy atom. The van der Waals surface area contributed by atoms with Crippen LogP contribution in [0.15, 0.2) is 18.2 Å².